The molecule has 0 aliphatic carbocycles. The molecule has 0 heterocycles. The van der Waals surface area contributed by atoms with Crippen LogP contribution in [0.1, 0.15) is 91.4 Å². The van der Waals surface area contributed by atoms with Gasteiger partial charge in [-0.1, -0.05) is 84.3 Å². The van der Waals surface area contributed by atoms with Crippen LogP contribution in [0.5, 0.6) is 0 Å². The van der Waals surface area contributed by atoms with Crippen LogP contribution in [0.3, 0.4) is 0 Å². The maximum atomic E-state index is 3.91. The van der Waals surface area contributed by atoms with Crippen molar-refractivity contribution in [2.75, 3.05) is 26.2 Å². The molecular weight excluding hydrogens is 292 g/mol. The molecule has 0 aromatic rings. The van der Waals surface area contributed by atoms with Gasteiger partial charge in [0, 0.05) is 13.1 Å². The molecular formula is C22H44N2. The molecule has 0 amide bonds. The summed E-state index contributed by atoms with van der Waals surface area (Å²) >= 11 is 0. The van der Waals surface area contributed by atoms with E-state index in [-0.39, 0.29) is 0 Å². The van der Waals surface area contributed by atoms with E-state index >= 15 is 0 Å². The Bertz CT molecular complexity index is 286. The molecule has 0 aliphatic rings. The van der Waals surface area contributed by atoms with Crippen LogP contribution in [0.15, 0.2) is 25.1 Å². The Kier molecular flexibility index (Phi) is 18.0. The normalized spacial score (nSPS) is 11.5. The third kappa shape index (κ3) is 14.8. The van der Waals surface area contributed by atoms with Gasteiger partial charge in [0.25, 0.3) is 0 Å². The average molecular weight is 337 g/mol. The monoisotopic (exact) mass is 336 g/mol. The van der Waals surface area contributed by atoms with Crippen molar-refractivity contribution in [1.29, 1.82) is 0 Å². The molecule has 0 radical (unpaired) electrons. The van der Waals surface area contributed by atoms with Crippen LogP contribution in [0.2, 0.25) is 0 Å². The predicted molar refractivity (Wildman–Crippen MR) is 110 cm³/mol. The lowest BCUT2D eigenvalue weighted by Crippen LogP contribution is -2.32. The first-order chi connectivity index (χ1) is 11.8. The van der Waals surface area contributed by atoms with Gasteiger partial charge in [-0.05, 0) is 45.3 Å². The fourth-order valence-electron chi connectivity index (χ4n) is 3.07. The van der Waals surface area contributed by atoms with Gasteiger partial charge in [-0.2, -0.15) is 0 Å². The molecule has 0 saturated heterocycles. The van der Waals surface area contributed by atoms with E-state index in [0.717, 1.165) is 13.1 Å². The Morgan fingerprint density at radius 3 is 1.62 bits per heavy atom. The van der Waals surface area contributed by atoms with Crippen molar-refractivity contribution in [3.05, 3.63) is 25.1 Å². The zero-order chi connectivity index (χ0) is 17.9. The van der Waals surface area contributed by atoms with E-state index in [1.807, 2.05) is 6.20 Å². The Balaban J connectivity index is 4.05. The number of nitrogens with zero attached hydrogens (tertiary/aromatic N) is 2. The summed E-state index contributed by atoms with van der Waals surface area (Å²) in [5, 5.41) is 0. The van der Waals surface area contributed by atoms with Crippen LogP contribution in [-0.2, 0) is 0 Å². The number of unbranched alkanes of at least 4 members (excludes halogenated alkanes) is 9. The van der Waals surface area contributed by atoms with Gasteiger partial charge in [-0.3, -0.25) is 0 Å². The van der Waals surface area contributed by atoms with Crippen molar-refractivity contribution >= 4 is 0 Å². The van der Waals surface area contributed by atoms with E-state index in [0.29, 0.717) is 0 Å². The van der Waals surface area contributed by atoms with Gasteiger partial charge >= 0.3 is 0 Å². The zero-order valence-corrected chi connectivity index (χ0v) is 16.9. The molecule has 0 bridgehead atoms. The third-order valence-electron chi connectivity index (χ3n) is 4.66. The van der Waals surface area contributed by atoms with Crippen molar-refractivity contribution in [2.24, 2.45) is 0 Å². The van der Waals surface area contributed by atoms with Crippen LogP contribution in [0.4, 0.5) is 0 Å². The SMILES string of the molecule is C=CN(/C=C\C)CCN(CCCCCCC)CCCCCCCC. The average Bonchev–Trinajstić information content (AvgIpc) is 2.60. The molecule has 24 heavy (non-hydrogen) atoms. The maximum absolute atomic E-state index is 3.91. The highest BCUT2D eigenvalue weighted by Crippen LogP contribution is 2.08. The van der Waals surface area contributed by atoms with Crippen LogP contribution >= 0.6 is 0 Å². The standard InChI is InChI=1S/C22H44N2/c1-5-9-11-13-15-17-20-24(19-16-14-12-10-6-2)22-21-23(8-4)18-7-3/h7-8,18H,4-6,9-17,19-22H2,1-3H3/b18-7-. The lowest BCUT2D eigenvalue weighted by Gasteiger charge is -2.25. The third-order valence-corrected chi connectivity index (χ3v) is 4.66. The number of rotatable bonds is 18. The minimum Gasteiger partial charge on any atom is -0.354 e. The highest BCUT2D eigenvalue weighted by molar-refractivity contribution is 4.86. The van der Waals surface area contributed by atoms with E-state index < -0.39 is 0 Å². The van der Waals surface area contributed by atoms with Gasteiger partial charge < -0.3 is 9.80 Å². The summed E-state index contributed by atoms with van der Waals surface area (Å²) in [5.41, 5.74) is 0. The summed E-state index contributed by atoms with van der Waals surface area (Å²) < 4.78 is 0. The minimum absolute atomic E-state index is 1.05. The second-order valence-corrected chi connectivity index (χ2v) is 6.93. The second kappa shape index (κ2) is 18.6. The van der Waals surface area contributed by atoms with Gasteiger partial charge in [-0.25, -0.2) is 0 Å². The Morgan fingerprint density at radius 2 is 1.17 bits per heavy atom. The van der Waals surface area contributed by atoms with Crippen molar-refractivity contribution in [1.82, 2.24) is 9.80 Å². The Hall–Kier alpha value is -0.760. The number of allylic oxidation sites excluding steroid dienone is 1. The number of hydrogen-bond donors (Lipinski definition) is 0. The largest absolute Gasteiger partial charge is 0.354 e. The Morgan fingerprint density at radius 1 is 0.667 bits per heavy atom. The van der Waals surface area contributed by atoms with E-state index in [2.05, 4.69) is 49.4 Å². The van der Waals surface area contributed by atoms with Crippen molar-refractivity contribution in [3.8, 4) is 0 Å². The summed E-state index contributed by atoms with van der Waals surface area (Å²) in [6.07, 6.45) is 21.3. The van der Waals surface area contributed by atoms with E-state index in [9.17, 15) is 0 Å². The highest BCUT2D eigenvalue weighted by Gasteiger charge is 2.06. The van der Waals surface area contributed by atoms with Crippen LogP contribution in [0, 0.1) is 0 Å². The maximum Gasteiger partial charge on any atom is 0.0346 e. The predicted octanol–water partition coefficient (Wildman–Crippen LogP) is 6.60. The van der Waals surface area contributed by atoms with Gasteiger partial charge in [-0.15, -0.1) is 0 Å². The summed E-state index contributed by atoms with van der Waals surface area (Å²) in [6, 6.07) is 0. The van der Waals surface area contributed by atoms with Crippen molar-refractivity contribution in [2.45, 2.75) is 91.4 Å². The molecule has 0 saturated carbocycles. The molecule has 0 aliphatic heterocycles. The first kappa shape index (κ1) is 23.2. The van der Waals surface area contributed by atoms with E-state index in [1.54, 1.807) is 0 Å². The molecule has 0 rings (SSSR count). The lowest BCUT2D eigenvalue weighted by atomic mass is 10.1. The molecule has 142 valence electrons. The summed E-state index contributed by atoms with van der Waals surface area (Å²) in [7, 11) is 0. The molecule has 2 heteroatoms. The van der Waals surface area contributed by atoms with Gasteiger partial charge in [0.1, 0.15) is 0 Å². The fraction of sp³-hybridized carbons (Fsp3) is 0.818. The lowest BCUT2D eigenvalue weighted by molar-refractivity contribution is 0.244. The highest BCUT2D eigenvalue weighted by atomic mass is 15.2. The van der Waals surface area contributed by atoms with Gasteiger partial charge in [0.05, 0.1) is 0 Å². The van der Waals surface area contributed by atoms with Gasteiger partial charge in [0.15, 0.2) is 0 Å². The van der Waals surface area contributed by atoms with Crippen LogP contribution < -0.4 is 0 Å². The molecule has 0 N–H and O–H groups in total. The topological polar surface area (TPSA) is 6.48 Å². The zero-order valence-electron chi connectivity index (χ0n) is 16.9. The molecule has 0 aromatic carbocycles. The van der Waals surface area contributed by atoms with Crippen LogP contribution in [0.25, 0.3) is 0 Å². The summed E-state index contributed by atoms with van der Waals surface area (Å²) in [5.74, 6) is 0. The molecule has 0 spiro atoms. The second-order valence-electron chi connectivity index (χ2n) is 6.93. The molecule has 0 fully saturated rings. The first-order valence-corrected chi connectivity index (χ1v) is 10.5. The van der Waals surface area contributed by atoms with Crippen molar-refractivity contribution < 1.29 is 0 Å². The van der Waals surface area contributed by atoms with Gasteiger partial charge in [0.2, 0.25) is 0 Å². The quantitative estimate of drug-likeness (QED) is 0.260. The van der Waals surface area contributed by atoms with E-state index in [1.165, 1.54) is 83.7 Å². The van der Waals surface area contributed by atoms with E-state index in [4.69, 9.17) is 0 Å². The summed E-state index contributed by atoms with van der Waals surface area (Å²) in [4.78, 5) is 4.87. The first-order valence-electron chi connectivity index (χ1n) is 10.5. The van der Waals surface area contributed by atoms with Crippen molar-refractivity contribution in [3.63, 3.8) is 0 Å². The molecule has 0 unspecified atom stereocenters. The minimum atomic E-state index is 1.05. The molecule has 0 atom stereocenters. The number of hydrogen-bond acceptors (Lipinski definition) is 2. The Labute approximate surface area is 153 Å². The fourth-order valence-corrected chi connectivity index (χ4v) is 3.07. The molecule has 2 nitrogen and oxygen atoms in total. The smallest absolute Gasteiger partial charge is 0.0346 e. The summed E-state index contributed by atoms with van der Waals surface area (Å²) in [6.45, 7) is 15.3. The van der Waals surface area contributed by atoms with Crippen LogP contribution in [-0.4, -0.2) is 36.0 Å². The molecule has 0 aromatic heterocycles.